The second kappa shape index (κ2) is 9.96. The average Bonchev–Trinajstić information content (AvgIpc) is 3.10. The van der Waals surface area contributed by atoms with Crippen molar-refractivity contribution in [3.05, 3.63) is 77.1 Å². The number of hydrogen-bond donors (Lipinski definition) is 0. The van der Waals surface area contributed by atoms with Crippen molar-refractivity contribution in [3.8, 4) is 17.2 Å². The van der Waals surface area contributed by atoms with Crippen molar-refractivity contribution in [2.24, 2.45) is 0 Å². The summed E-state index contributed by atoms with van der Waals surface area (Å²) in [6.07, 6.45) is 0. The van der Waals surface area contributed by atoms with Crippen LogP contribution in [0.1, 0.15) is 39.0 Å². The molecule has 0 radical (unpaired) electrons. The molecule has 1 aromatic heterocycles. The number of para-hydroxylation sites is 1. The Labute approximate surface area is 186 Å². The summed E-state index contributed by atoms with van der Waals surface area (Å²) in [6, 6.07) is 16.2. The maximum absolute atomic E-state index is 12.7. The minimum absolute atomic E-state index is 0.112. The predicted octanol–water partition coefficient (Wildman–Crippen LogP) is 4.11. The summed E-state index contributed by atoms with van der Waals surface area (Å²) in [6.45, 7) is 4.44. The largest absolute Gasteiger partial charge is 0.493 e. The van der Waals surface area contributed by atoms with Crippen molar-refractivity contribution in [1.29, 1.82) is 0 Å². The predicted molar refractivity (Wildman–Crippen MR) is 119 cm³/mol. The average molecular weight is 435 g/mol. The molecule has 0 bridgehead atoms. The molecule has 0 amide bonds. The second-order valence-corrected chi connectivity index (χ2v) is 7.25. The van der Waals surface area contributed by atoms with E-state index in [2.05, 4.69) is 0 Å². The minimum atomic E-state index is -0.687. The van der Waals surface area contributed by atoms with Gasteiger partial charge >= 0.3 is 5.97 Å². The molecule has 1 heterocycles. The summed E-state index contributed by atoms with van der Waals surface area (Å²) in [5.74, 6) is -0.466. The molecule has 7 heteroatoms. The van der Waals surface area contributed by atoms with Crippen LogP contribution in [-0.4, -0.2) is 42.4 Å². The highest BCUT2D eigenvalue weighted by Crippen LogP contribution is 2.28. The number of methoxy groups -OCH3 is 1. The molecule has 166 valence electrons. The van der Waals surface area contributed by atoms with Crippen LogP contribution < -0.4 is 9.47 Å². The van der Waals surface area contributed by atoms with E-state index in [4.69, 9.17) is 14.2 Å². The molecule has 0 aliphatic rings. The van der Waals surface area contributed by atoms with Crippen molar-refractivity contribution in [2.75, 3.05) is 20.3 Å². The summed E-state index contributed by atoms with van der Waals surface area (Å²) >= 11 is 0. The topological polar surface area (TPSA) is 83.8 Å². The van der Waals surface area contributed by atoms with Gasteiger partial charge in [0.25, 0.3) is 0 Å². The highest BCUT2D eigenvalue weighted by atomic mass is 16.6. The van der Waals surface area contributed by atoms with Crippen molar-refractivity contribution < 1.29 is 28.6 Å². The fourth-order valence-electron chi connectivity index (χ4n) is 3.43. The molecule has 2 aromatic carbocycles. The lowest BCUT2D eigenvalue weighted by Gasteiger charge is -2.11. The van der Waals surface area contributed by atoms with Crippen LogP contribution in [0.5, 0.6) is 11.5 Å². The van der Waals surface area contributed by atoms with Crippen LogP contribution in [0.4, 0.5) is 0 Å². The summed E-state index contributed by atoms with van der Waals surface area (Å²) < 4.78 is 17.7. The van der Waals surface area contributed by atoms with Crippen LogP contribution in [0.15, 0.2) is 54.6 Å². The molecule has 3 aromatic rings. The summed E-state index contributed by atoms with van der Waals surface area (Å²) in [5, 5.41) is 0. The first-order chi connectivity index (χ1) is 15.3. The van der Waals surface area contributed by atoms with Crippen LogP contribution in [0.2, 0.25) is 0 Å². The Morgan fingerprint density at radius 2 is 1.62 bits per heavy atom. The van der Waals surface area contributed by atoms with E-state index < -0.39 is 12.6 Å². The standard InChI is InChI=1S/C25H25NO6/c1-16-12-21(17(2)26(16)20-8-6-5-7-9-20)22(28)14-32-25(29)15-31-23-11-10-19(18(3)27)13-24(23)30-4/h5-13H,14-15H2,1-4H3. The van der Waals surface area contributed by atoms with E-state index in [-0.39, 0.29) is 18.2 Å². The van der Waals surface area contributed by atoms with Crippen LogP contribution in [0, 0.1) is 13.8 Å². The maximum Gasteiger partial charge on any atom is 0.344 e. The number of hydrogen-bond acceptors (Lipinski definition) is 6. The van der Waals surface area contributed by atoms with E-state index in [9.17, 15) is 14.4 Å². The first-order valence-corrected chi connectivity index (χ1v) is 10.1. The molecule has 0 saturated heterocycles. The number of benzene rings is 2. The van der Waals surface area contributed by atoms with E-state index in [1.54, 1.807) is 18.2 Å². The summed E-state index contributed by atoms with van der Waals surface area (Å²) in [7, 11) is 1.44. The number of carbonyl (C=O) groups excluding carboxylic acids is 3. The number of nitrogens with zero attached hydrogens (tertiary/aromatic N) is 1. The van der Waals surface area contributed by atoms with Crippen LogP contribution in [0.3, 0.4) is 0 Å². The van der Waals surface area contributed by atoms with E-state index in [1.807, 2.05) is 48.7 Å². The quantitative estimate of drug-likeness (QED) is 0.372. The number of rotatable bonds is 9. The fraction of sp³-hybridized carbons (Fsp3) is 0.240. The lowest BCUT2D eigenvalue weighted by atomic mass is 10.1. The molecule has 0 N–H and O–H groups in total. The van der Waals surface area contributed by atoms with Crippen molar-refractivity contribution in [1.82, 2.24) is 4.57 Å². The van der Waals surface area contributed by atoms with Gasteiger partial charge < -0.3 is 18.8 Å². The molecule has 3 rings (SSSR count). The highest BCUT2D eigenvalue weighted by Gasteiger charge is 2.18. The number of ether oxygens (including phenoxy) is 3. The van der Waals surface area contributed by atoms with Gasteiger partial charge in [-0.25, -0.2) is 4.79 Å². The maximum atomic E-state index is 12.7. The third kappa shape index (κ3) is 5.06. The molecular weight excluding hydrogens is 410 g/mol. The Morgan fingerprint density at radius 3 is 2.28 bits per heavy atom. The van der Waals surface area contributed by atoms with E-state index in [1.165, 1.54) is 20.1 Å². The molecule has 0 fully saturated rings. The Morgan fingerprint density at radius 1 is 0.906 bits per heavy atom. The first-order valence-electron chi connectivity index (χ1n) is 10.1. The van der Waals surface area contributed by atoms with Gasteiger partial charge in [0.15, 0.2) is 30.5 Å². The Kier molecular flexibility index (Phi) is 7.10. The van der Waals surface area contributed by atoms with Crippen molar-refractivity contribution >= 4 is 17.5 Å². The lowest BCUT2D eigenvalue weighted by molar-refractivity contribution is -0.144. The molecule has 0 aliphatic heterocycles. The van der Waals surface area contributed by atoms with Gasteiger partial charge in [0.05, 0.1) is 7.11 Å². The number of ketones is 2. The molecule has 0 unspecified atom stereocenters. The van der Waals surface area contributed by atoms with E-state index >= 15 is 0 Å². The van der Waals surface area contributed by atoms with Gasteiger partial charge in [-0.2, -0.15) is 0 Å². The highest BCUT2D eigenvalue weighted by molar-refractivity contribution is 5.99. The van der Waals surface area contributed by atoms with Crippen LogP contribution in [-0.2, 0) is 9.53 Å². The second-order valence-electron chi connectivity index (χ2n) is 7.25. The van der Waals surface area contributed by atoms with Crippen LogP contribution >= 0.6 is 0 Å². The smallest absolute Gasteiger partial charge is 0.344 e. The van der Waals surface area contributed by atoms with Crippen LogP contribution in [0.25, 0.3) is 5.69 Å². The SMILES string of the molecule is COc1cc(C(C)=O)ccc1OCC(=O)OCC(=O)c1cc(C)n(-c2ccccc2)c1C. The van der Waals surface area contributed by atoms with Crippen molar-refractivity contribution in [2.45, 2.75) is 20.8 Å². The number of aromatic nitrogens is 1. The minimum Gasteiger partial charge on any atom is -0.493 e. The van der Waals surface area contributed by atoms with Gasteiger partial charge in [-0.3, -0.25) is 9.59 Å². The Hall–Kier alpha value is -3.87. The number of esters is 1. The fourth-order valence-corrected chi connectivity index (χ4v) is 3.43. The van der Waals surface area contributed by atoms with Gasteiger partial charge in [-0.1, -0.05) is 18.2 Å². The zero-order chi connectivity index (χ0) is 23.3. The van der Waals surface area contributed by atoms with E-state index in [0.29, 0.717) is 22.6 Å². The molecule has 0 aliphatic carbocycles. The number of Topliss-reactive ketones (excluding diaryl/α,β-unsaturated/α-hetero) is 2. The van der Waals surface area contributed by atoms with E-state index in [0.717, 1.165) is 17.1 Å². The first kappa shape index (κ1) is 22.8. The van der Waals surface area contributed by atoms with Crippen molar-refractivity contribution in [3.63, 3.8) is 0 Å². The third-order valence-electron chi connectivity index (χ3n) is 5.03. The van der Waals surface area contributed by atoms with Gasteiger partial charge in [-0.05, 0) is 57.2 Å². The normalized spacial score (nSPS) is 10.5. The molecule has 0 saturated carbocycles. The summed E-state index contributed by atoms with van der Waals surface area (Å²) in [4.78, 5) is 36.2. The zero-order valence-corrected chi connectivity index (χ0v) is 18.5. The van der Waals surface area contributed by atoms with Gasteiger partial charge in [0, 0.05) is 28.2 Å². The van der Waals surface area contributed by atoms with Gasteiger partial charge in [-0.15, -0.1) is 0 Å². The number of carbonyl (C=O) groups is 3. The summed E-state index contributed by atoms with van der Waals surface area (Å²) in [5.41, 5.74) is 3.61. The monoisotopic (exact) mass is 435 g/mol. The molecule has 32 heavy (non-hydrogen) atoms. The zero-order valence-electron chi connectivity index (χ0n) is 18.5. The lowest BCUT2D eigenvalue weighted by Crippen LogP contribution is -2.20. The third-order valence-corrected chi connectivity index (χ3v) is 5.03. The molecule has 0 spiro atoms. The Bertz CT molecular complexity index is 1150. The Balaban J connectivity index is 1.60. The van der Waals surface area contributed by atoms with Gasteiger partial charge in [0.2, 0.25) is 5.78 Å². The van der Waals surface area contributed by atoms with Gasteiger partial charge in [0.1, 0.15) is 0 Å². The molecule has 7 nitrogen and oxygen atoms in total. The number of aryl methyl sites for hydroxylation is 1. The molecular formula is C25H25NO6. The molecule has 0 atom stereocenters.